The van der Waals surface area contributed by atoms with Crippen LogP contribution < -0.4 is 21.5 Å². The lowest BCUT2D eigenvalue weighted by atomic mass is 9.53. The van der Waals surface area contributed by atoms with E-state index in [0.29, 0.717) is 27.4 Å². The van der Waals surface area contributed by atoms with Crippen LogP contribution in [0.2, 0.25) is 10.0 Å². The number of benzene rings is 3. The molecule has 2 amide bonds. The predicted octanol–water partition coefficient (Wildman–Crippen LogP) is 4.13. The van der Waals surface area contributed by atoms with Crippen LogP contribution in [0, 0.1) is 11.7 Å². The third-order valence-corrected chi connectivity index (χ3v) is 9.85. The number of methoxy groups -OCH3 is 1. The van der Waals surface area contributed by atoms with Crippen LogP contribution in [0.15, 0.2) is 81.9 Å². The molecule has 0 unspecified atom stereocenters. The van der Waals surface area contributed by atoms with Gasteiger partial charge < -0.3 is 9.84 Å². The van der Waals surface area contributed by atoms with Crippen molar-refractivity contribution in [3.63, 3.8) is 0 Å². The van der Waals surface area contributed by atoms with E-state index in [1.807, 2.05) is 0 Å². The van der Waals surface area contributed by atoms with Crippen LogP contribution in [0.25, 0.3) is 0 Å². The number of aromatic nitrogens is 3. The molecule has 1 aromatic heterocycles. The smallest absolute Gasteiger partial charge is 0.347 e. The fourth-order valence-corrected chi connectivity index (χ4v) is 7.66. The second-order valence-electron chi connectivity index (χ2n) is 11.5. The van der Waals surface area contributed by atoms with Crippen LogP contribution in [0.3, 0.4) is 0 Å². The Labute approximate surface area is 270 Å². The molecule has 4 aromatic rings. The van der Waals surface area contributed by atoms with Gasteiger partial charge in [0.05, 0.1) is 41.7 Å². The molecule has 0 spiro atoms. The quantitative estimate of drug-likeness (QED) is 0.242. The number of fused-ring (bicyclic) bond motifs is 4. The molecular formula is C32H26Cl2FN5O6. The molecule has 1 saturated heterocycles. The molecule has 3 aromatic carbocycles. The van der Waals surface area contributed by atoms with Gasteiger partial charge >= 0.3 is 11.4 Å². The SMILES string of the molecule is COc1cc([C@H]2C3=CCn4c(=O)n(C)c(=O)n4[C@@H]3C[C@H]3C(=O)N(Nc4ccc(F)cc4)C(=O)[C@@]23c2ccc(Cl)cc2)cc(Cl)c1O. The second kappa shape index (κ2) is 10.6. The molecule has 11 nitrogen and oxygen atoms in total. The standard InChI is InChI=1S/C32H26Cl2FN5O6/c1-37-30(44)38-12-11-21-24(40(38)31(37)45)15-22-28(42)39(36-20-9-7-19(35)8-10-20)29(43)32(22,17-3-5-18(33)6-4-17)26(21)16-13-23(34)27(41)25(14-16)46-2/h3-11,13-14,22,24,26,36,41H,12,15H2,1-2H3/t22-,24+,26-,32+/m0/s1. The Morgan fingerprint density at radius 1 is 1.00 bits per heavy atom. The Kier molecular flexibility index (Phi) is 6.91. The van der Waals surface area contributed by atoms with Gasteiger partial charge in [0, 0.05) is 18.0 Å². The molecule has 1 aliphatic carbocycles. The summed E-state index contributed by atoms with van der Waals surface area (Å²) < 4.78 is 22.8. The molecule has 0 bridgehead atoms. The average molecular weight is 666 g/mol. The second-order valence-corrected chi connectivity index (χ2v) is 12.4. The maximum absolute atomic E-state index is 15.0. The molecule has 3 heterocycles. The molecule has 7 rings (SSSR count). The van der Waals surface area contributed by atoms with Gasteiger partial charge in [0.2, 0.25) is 0 Å². The number of imide groups is 1. The van der Waals surface area contributed by atoms with Crippen LogP contribution in [0.4, 0.5) is 10.1 Å². The minimum atomic E-state index is -1.62. The number of halogens is 3. The van der Waals surface area contributed by atoms with Crippen LogP contribution in [-0.2, 0) is 28.6 Å². The number of hydrogen-bond donors (Lipinski definition) is 2. The number of anilines is 1. The number of nitrogens with one attached hydrogen (secondary N) is 1. The van der Waals surface area contributed by atoms with Gasteiger partial charge in [0.25, 0.3) is 11.8 Å². The van der Waals surface area contributed by atoms with Gasteiger partial charge in [-0.2, -0.15) is 5.01 Å². The third-order valence-electron chi connectivity index (χ3n) is 9.31. The number of phenolic OH excluding ortho intramolecular Hbond substituents is 1. The zero-order valence-electron chi connectivity index (χ0n) is 24.4. The molecule has 2 fully saturated rings. The van der Waals surface area contributed by atoms with E-state index in [0.717, 1.165) is 9.58 Å². The highest BCUT2D eigenvalue weighted by Crippen LogP contribution is 2.62. The first-order valence-corrected chi connectivity index (χ1v) is 15.1. The Morgan fingerprint density at radius 2 is 1.70 bits per heavy atom. The number of hydrogen-bond acceptors (Lipinski definition) is 7. The number of allylic oxidation sites excluding steroid dienone is 2. The molecule has 2 N–H and O–H groups in total. The summed E-state index contributed by atoms with van der Waals surface area (Å²) in [6.07, 6.45) is 1.79. The minimum absolute atomic E-state index is 0.0105. The zero-order valence-corrected chi connectivity index (χ0v) is 25.9. The summed E-state index contributed by atoms with van der Waals surface area (Å²) in [5.41, 5.74) is 1.96. The van der Waals surface area contributed by atoms with E-state index >= 15 is 4.79 Å². The number of nitrogens with zero attached hydrogens (tertiary/aromatic N) is 4. The van der Waals surface area contributed by atoms with E-state index in [2.05, 4.69) is 5.43 Å². The summed E-state index contributed by atoms with van der Waals surface area (Å²) in [5, 5.41) is 11.9. The van der Waals surface area contributed by atoms with Crippen molar-refractivity contribution in [3.8, 4) is 11.5 Å². The Hall–Kier alpha value is -4.81. The maximum Gasteiger partial charge on any atom is 0.347 e. The van der Waals surface area contributed by atoms with E-state index in [-0.39, 0.29) is 29.5 Å². The van der Waals surface area contributed by atoms with Crippen molar-refractivity contribution >= 4 is 40.7 Å². The van der Waals surface area contributed by atoms with Gasteiger partial charge in [-0.3, -0.25) is 15.0 Å². The predicted molar refractivity (Wildman–Crippen MR) is 167 cm³/mol. The van der Waals surface area contributed by atoms with Crippen molar-refractivity contribution in [2.24, 2.45) is 13.0 Å². The molecule has 2 aliphatic heterocycles. The van der Waals surface area contributed by atoms with E-state index < -0.39 is 52.3 Å². The van der Waals surface area contributed by atoms with Crippen molar-refractivity contribution in [2.45, 2.75) is 30.3 Å². The van der Waals surface area contributed by atoms with Gasteiger partial charge in [-0.25, -0.2) is 27.9 Å². The molecule has 46 heavy (non-hydrogen) atoms. The van der Waals surface area contributed by atoms with E-state index in [4.69, 9.17) is 27.9 Å². The summed E-state index contributed by atoms with van der Waals surface area (Å²) in [4.78, 5) is 56.0. The van der Waals surface area contributed by atoms with Gasteiger partial charge in [0.1, 0.15) is 5.82 Å². The number of aromatic hydroxyl groups is 1. The van der Waals surface area contributed by atoms with Crippen molar-refractivity contribution in [1.82, 2.24) is 18.9 Å². The van der Waals surface area contributed by atoms with Crippen LogP contribution in [0.5, 0.6) is 11.5 Å². The summed E-state index contributed by atoms with van der Waals surface area (Å²) in [6.45, 7) is 0.0290. The largest absolute Gasteiger partial charge is 0.503 e. The number of ether oxygens (including phenoxy) is 1. The highest BCUT2D eigenvalue weighted by Gasteiger charge is 2.68. The van der Waals surface area contributed by atoms with E-state index in [1.165, 1.54) is 53.9 Å². The number of amides is 2. The van der Waals surface area contributed by atoms with Crippen LogP contribution in [-0.4, -0.2) is 43.0 Å². The first-order valence-electron chi connectivity index (χ1n) is 14.3. The lowest BCUT2D eigenvalue weighted by Gasteiger charge is -2.49. The Balaban J connectivity index is 1.53. The fraction of sp³-hybridized carbons (Fsp3) is 0.250. The van der Waals surface area contributed by atoms with E-state index in [1.54, 1.807) is 36.4 Å². The number of carbonyl (C=O) groups excluding carboxylic acids is 2. The normalized spacial score (nSPS) is 23.5. The third kappa shape index (κ3) is 4.09. The van der Waals surface area contributed by atoms with Crippen molar-refractivity contribution in [1.29, 1.82) is 0 Å². The van der Waals surface area contributed by atoms with Gasteiger partial charge in [-0.1, -0.05) is 41.4 Å². The molecular weight excluding hydrogens is 640 g/mol. The summed E-state index contributed by atoms with van der Waals surface area (Å²) in [5.74, 6) is -3.99. The molecule has 0 radical (unpaired) electrons. The van der Waals surface area contributed by atoms with Gasteiger partial charge in [0.15, 0.2) is 11.5 Å². The van der Waals surface area contributed by atoms with Crippen LogP contribution in [0.1, 0.15) is 29.5 Å². The average Bonchev–Trinajstić information content (AvgIpc) is 3.40. The highest BCUT2D eigenvalue weighted by molar-refractivity contribution is 6.32. The highest BCUT2D eigenvalue weighted by atomic mass is 35.5. The molecule has 14 heteroatoms. The molecule has 1 saturated carbocycles. The summed E-state index contributed by atoms with van der Waals surface area (Å²) in [7, 11) is 2.74. The van der Waals surface area contributed by atoms with Gasteiger partial charge in [-0.05, 0) is 71.7 Å². The number of hydrazine groups is 1. The first kappa shape index (κ1) is 29.9. The zero-order chi connectivity index (χ0) is 32.7. The van der Waals surface area contributed by atoms with E-state index in [9.17, 15) is 23.9 Å². The molecule has 3 aliphatic rings. The summed E-state index contributed by atoms with van der Waals surface area (Å²) >= 11 is 12.8. The molecule has 4 atom stereocenters. The van der Waals surface area contributed by atoms with Crippen LogP contribution >= 0.6 is 23.2 Å². The first-order chi connectivity index (χ1) is 22.0. The molecule has 236 valence electrons. The number of phenols is 1. The lowest BCUT2D eigenvalue weighted by molar-refractivity contribution is -0.138. The van der Waals surface area contributed by atoms with Crippen molar-refractivity contribution in [3.05, 3.63) is 120 Å². The van der Waals surface area contributed by atoms with Crippen molar-refractivity contribution < 1.29 is 23.8 Å². The topological polar surface area (TPSA) is 128 Å². The Bertz CT molecular complexity index is 2090. The maximum atomic E-state index is 15.0. The summed E-state index contributed by atoms with van der Waals surface area (Å²) in [6, 6.07) is 14.1. The van der Waals surface area contributed by atoms with Crippen molar-refractivity contribution in [2.75, 3.05) is 12.5 Å². The van der Waals surface area contributed by atoms with Gasteiger partial charge in [-0.15, -0.1) is 0 Å². The Morgan fingerprint density at radius 3 is 2.37 bits per heavy atom. The number of carbonyl (C=O) groups is 2. The fourth-order valence-electron chi connectivity index (χ4n) is 7.32. The lowest BCUT2D eigenvalue weighted by Crippen LogP contribution is -2.53. The number of rotatable bonds is 5. The monoisotopic (exact) mass is 665 g/mol. The minimum Gasteiger partial charge on any atom is -0.503 e.